The van der Waals surface area contributed by atoms with E-state index < -0.39 is 0 Å². The highest BCUT2D eigenvalue weighted by molar-refractivity contribution is 5.98. The number of ether oxygens (including phenoxy) is 1. The van der Waals surface area contributed by atoms with Crippen molar-refractivity contribution < 1.29 is 23.1 Å². The Bertz CT molecular complexity index is 1090. The number of benzene rings is 2. The maximum Gasteiger partial charge on any atom is 0.227 e. The standard InChI is InChI=1S/C23H22FN3O4/c1-30-19-13-17(8-9-18(19)27-12-2-3-23(27)29)26-21(28)10-11-22-25-14-20(31-22)15-4-6-16(24)7-5-15/h4-9,13-14H,2-3,10-12H2,1H3,(H,26,28). The van der Waals surface area contributed by atoms with E-state index in [9.17, 15) is 14.0 Å². The van der Waals surface area contributed by atoms with Gasteiger partial charge in [-0.15, -0.1) is 0 Å². The van der Waals surface area contributed by atoms with Gasteiger partial charge in [0, 0.05) is 43.1 Å². The van der Waals surface area contributed by atoms with E-state index >= 15 is 0 Å². The van der Waals surface area contributed by atoms with Gasteiger partial charge >= 0.3 is 0 Å². The lowest BCUT2D eigenvalue weighted by Crippen LogP contribution is -2.24. The number of nitrogens with zero attached hydrogens (tertiary/aromatic N) is 2. The summed E-state index contributed by atoms with van der Waals surface area (Å²) in [5.41, 5.74) is 2.00. The number of carbonyl (C=O) groups is 2. The van der Waals surface area contributed by atoms with E-state index in [4.69, 9.17) is 9.15 Å². The Morgan fingerprint density at radius 1 is 1.26 bits per heavy atom. The molecular weight excluding hydrogens is 401 g/mol. The summed E-state index contributed by atoms with van der Waals surface area (Å²) in [5, 5.41) is 2.83. The SMILES string of the molecule is COc1cc(NC(=O)CCc2ncc(-c3ccc(F)cc3)o2)ccc1N1CCCC1=O. The maximum atomic E-state index is 13.0. The second-order valence-corrected chi connectivity index (χ2v) is 7.21. The number of nitrogens with one attached hydrogen (secondary N) is 1. The van der Waals surface area contributed by atoms with Gasteiger partial charge in [0.25, 0.3) is 0 Å². The molecule has 4 rings (SSSR count). The molecule has 1 aliphatic heterocycles. The van der Waals surface area contributed by atoms with Gasteiger partial charge in [-0.1, -0.05) is 0 Å². The molecule has 3 aromatic rings. The van der Waals surface area contributed by atoms with Crippen molar-refractivity contribution in [2.75, 3.05) is 23.9 Å². The normalized spacial score (nSPS) is 13.5. The number of aryl methyl sites for hydroxylation is 1. The second kappa shape index (κ2) is 8.99. The molecule has 1 aliphatic rings. The largest absolute Gasteiger partial charge is 0.494 e. The smallest absolute Gasteiger partial charge is 0.227 e. The van der Waals surface area contributed by atoms with Crippen LogP contribution in [0.4, 0.5) is 15.8 Å². The molecule has 1 saturated heterocycles. The summed E-state index contributed by atoms with van der Waals surface area (Å²) in [6.45, 7) is 0.664. The van der Waals surface area contributed by atoms with Gasteiger partial charge in [-0.05, 0) is 42.8 Å². The average molecular weight is 423 g/mol. The van der Waals surface area contributed by atoms with E-state index in [1.807, 2.05) is 0 Å². The maximum absolute atomic E-state index is 13.0. The minimum Gasteiger partial charge on any atom is -0.494 e. The number of halogens is 1. The summed E-state index contributed by atoms with van der Waals surface area (Å²) in [5.74, 6) is 1.03. The van der Waals surface area contributed by atoms with Crippen molar-refractivity contribution in [3.8, 4) is 17.1 Å². The fourth-order valence-electron chi connectivity index (χ4n) is 3.50. The Balaban J connectivity index is 1.36. The van der Waals surface area contributed by atoms with Crippen LogP contribution in [-0.4, -0.2) is 30.5 Å². The van der Waals surface area contributed by atoms with E-state index in [0.717, 1.165) is 6.42 Å². The quantitative estimate of drug-likeness (QED) is 0.616. The van der Waals surface area contributed by atoms with Crippen molar-refractivity contribution in [3.05, 3.63) is 60.4 Å². The molecule has 0 spiro atoms. The zero-order valence-corrected chi connectivity index (χ0v) is 17.1. The third kappa shape index (κ3) is 4.74. The zero-order valence-electron chi connectivity index (χ0n) is 17.1. The summed E-state index contributed by atoms with van der Waals surface area (Å²) in [7, 11) is 1.53. The van der Waals surface area contributed by atoms with Crippen LogP contribution < -0.4 is 15.0 Å². The van der Waals surface area contributed by atoms with Crippen LogP contribution in [0, 0.1) is 5.82 Å². The predicted molar refractivity (Wildman–Crippen MR) is 113 cm³/mol. The number of oxazole rings is 1. The Morgan fingerprint density at radius 2 is 2.06 bits per heavy atom. The number of methoxy groups -OCH3 is 1. The fourth-order valence-corrected chi connectivity index (χ4v) is 3.50. The lowest BCUT2D eigenvalue weighted by molar-refractivity contribution is -0.117. The molecule has 0 radical (unpaired) electrons. The molecule has 0 unspecified atom stereocenters. The molecule has 2 amide bonds. The van der Waals surface area contributed by atoms with Crippen molar-refractivity contribution in [2.24, 2.45) is 0 Å². The number of hydrogen-bond donors (Lipinski definition) is 1. The van der Waals surface area contributed by atoms with Crippen LogP contribution in [0.5, 0.6) is 5.75 Å². The molecule has 2 heterocycles. The number of amides is 2. The molecule has 8 heteroatoms. The van der Waals surface area contributed by atoms with Crippen LogP contribution in [0.1, 0.15) is 25.2 Å². The van der Waals surface area contributed by atoms with Crippen molar-refractivity contribution in [1.29, 1.82) is 0 Å². The summed E-state index contributed by atoms with van der Waals surface area (Å²) in [4.78, 5) is 30.3. The molecule has 1 aromatic heterocycles. The third-order valence-electron chi connectivity index (χ3n) is 5.08. The van der Waals surface area contributed by atoms with Crippen LogP contribution in [0.15, 0.2) is 53.1 Å². The van der Waals surface area contributed by atoms with E-state index in [1.54, 1.807) is 41.4 Å². The van der Waals surface area contributed by atoms with Gasteiger partial charge in [0.15, 0.2) is 11.7 Å². The Morgan fingerprint density at radius 3 is 2.77 bits per heavy atom. The van der Waals surface area contributed by atoms with Gasteiger partial charge < -0.3 is 19.4 Å². The molecule has 2 aromatic carbocycles. The minimum absolute atomic E-state index is 0.0704. The molecule has 0 aliphatic carbocycles. The van der Waals surface area contributed by atoms with E-state index in [-0.39, 0.29) is 24.1 Å². The Hall–Kier alpha value is -3.68. The van der Waals surface area contributed by atoms with Gasteiger partial charge in [-0.2, -0.15) is 0 Å². The Kier molecular flexibility index (Phi) is 5.97. The molecule has 160 valence electrons. The molecule has 0 bridgehead atoms. The zero-order chi connectivity index (χ0) is 21.8. The highest BCUT2D eigenvalue weighted by Crippen LogP contribution is 2.34. The van der Waals surface area contributed by atoms with Crippen LogP contribution >= 0.6 is 0 Å². The van der Waals surface area contributed by atoms with E-state index in [0.29, 0.717) is 53.7 Å². The molecule has 1 fully saturated rings. The number of anilines is 2. The molecule has 0 atom stereocenters. The van der Waals surface area contributed by atoms with Crippen molar-refractivity contribution in [1.82, 2.24) is 4.98 Å². The summed E-state index contributed by atoms with van der Waals surface area (Å²) < 4.78 is 24.1. The molecule has 0 saturated carbocycles. The fraction of sp³-hybridized carbons (Fsp3) is 0.261. The Labute approximate surface area is 178 Å². The molecular formula is C23H22FN3O4. The molecule has 1 N–H and O–H groups in total. The van der Waals surface area contributed by atoms with Gasteiger partial charge in [-0.25, -0.2) is 9.37 Å². The van der Waals surface area contributed by atoms with Gasteiger partial charge in [0.1, 0.15) is 11.6 Å². The van der Waals surface area contributed by atoms with Crippen molar-refractivity contribution >= 4 is 23.2 Å². The summed E-state index contributed by atoms with van der Waals surface area (Å²) in [6, 6.07) is 11.2. The van der Waals surface area contributed by atoms with Crippen molar-refractivity contribution in [3.63, 3.8) is 0 Å². The minimum atomic E-state index is -0.322. The number of carbonyl (C=O) groups excluding carboxylic acids is 2. The molecule has 7 nitrogen and oxygen atoms in total. The van der Waals surface area contributed by atoms with Gasteiger partial charge in [0.05, 0.1) is 19.0 Å². The van der Waals surface area contributed by atoms with E-state index in [1.165, 1.54) is 19.2 Å². The average Bonchev–Trinajstić information content (AvgIpc) is 3.42. The number of rotatable bonds is 7. The first-order valence-electron chi connectivity index (χ1n) is 10.0. The summed E-state index contributed by atoms with van der Waals surface area (Å²) >= 11 is 0. The first-order chi connectivity index (χ1) is 15.0. The monoisotopic (exact) mass is 423 g/mol. The number of aromatic nitrogens is 1. The van der Waals surface area contributed by atoms with Gasteiger partial charge in [0.2, 0.25) is 11.8 Å². The third-order valence-corrected chi connectivity index (χ3v) is 5.08. The highest BCUT2D eigenvalue weighted by Gasteiger charge is 2.24. The van der Waals surface area contributed by atoms with Crippen molar-refractivity contribution in [2.45, 2.75) is 25.7 Å². The van der Waals surface area contributed by atoms with E-state index in [2.05, 4.69) is 10.3 Å². The van der Waals surface area contributed by atoms with Crippen LogP contribution in [0.2, 0.25) is 0 Å². The van der Waals surface area contributed by atoms with Crippen LogP contribution in [0.25, 0.3) is 11.3 Å². The predicted octanol–water partition coefficient (Wildman–Crippen LogP) is 4.19. The molecule has 31 heavy (non-hydrogen) atoms. The van der Waals surface area contributed by atoms with Crippen LogP contribution in [0.3, 0.4) is 0 Å². The topological polar surface area (TPSA) is 84.7 Å². The second-order valence-electron chi connectivity index (χ2n) is 7.21. The van der Waals surface area contributed by atoms with Gasteiger partial charge in [-0.3, -0.25) is 9.59 Å². The number of hydrogen-bond acceptors (Lipinski definition) is 5. The highest BCUT2D eigenvalue weighted by atomic mass is 19.1. The van der Waals surface area contributed by atoms with Crippen LogP contribution in [-0.2, 0) is 16.0 Å². The lowest BCUT2D eigenvalue weighted by atomic mass is 10.2. The first-order valence-corrected chi connectivity index (χ1v) is 10.0. The summed E-state index contributed by atoms with van der Waals surface area (Å²) in [6.07, 6.45) is 3.42. The first kappa shape index (κ1) is 20.6. The lowest BCUT2D eigenvalue weighted by Gasteiger charge is -2.19.